The van der Waals surface area contributed by atoms with E-state index in [0.29, 0.717) is 19.4 Å². The topological polar surface area (TPSA) is 98.1 Å². The molecule has 0 aliphatic carbocycles. The molecular formula is C27H33NO5. The van der Waals surface area contributed by atoms with E-state index in [2.05, 4.69) is 0 Å². The fraction of sp³-hybridized carbons (Fsp3) is 0.407. The standard InChI is InChI=1S/C27H33NO5/c1-19-17-23(29)12-13-24(19)20-7-6-8-21(18-20)25(30)14-10-22-11-15-26(31)28(22)16-5-3-2-4-9-27(32)33/h6-8,10,12-14,17-18,22,25,29-30H,2-5,9,11,15-16H2,1H3,(H,32,33)/t22?,25-/m1/s1. The van der Waals surface area contributed by atoms with Crippen molar-refractivity contribution >= 4 is 11.9 Å². The summed E-state index contributed by atoms with van der Waals surface area (Å²) in [6.07, 6.45) is 7.63. The van der Waals surface area contributed by atoms with Gasteiger partial charge in [0.2, 0.25) is 5.91 Å². The Bertz CT molecular complexity index is 1000. The minimum Gasteiger partial charge on any atom is -0.508 e. The molecule has 33 heavy (non-hydrogen) atoms. The fourth-order valence-corrected chi connectivity index (χ4v) is 4.36. The number of aliphatic hydroxyl groups is 1. The third kappa shape index (κ3) is 6.93. The van der Waals surface area contributed by atoms with E-state index in [1.165, 1.54) is 0 Å². The van der Waals surface area contributed by atoms with Crippen molar-refractivity contribution in [1.29, 1.82) is 0 Å². The number of nitrogens with zero attached hydrogens (tertiary/aromatic N) is 1. The highest BCUT2D eigenvalue weighted by atomic mass is 16.4. The zero-order chi connectivity index (χ0) is 23.8. The molecule has 0 saturated carbocycles. The molecule has 6 heteroatoms. The number of carboxylic acids is 1. The number of carbonyl (C=O) groups is 2. The Morgan fingerprint density at radius 3 is 2.70 bits per heavy atom. The number of phenols is 1. The van der Waals surface area contributed by atoms with Gasteiger partial charge in [0.1, 0.15) is 5.75 Å². The molecule has 1 amide bonds. The lowest BCUT2D eigenvalue weighted by Gasteiger charge is -2.22. The molecule has 1 aliphatic rings. The number of phenolic OH excluding ortho intramolecular Hbond substituents is 1. The number of aryl methyl sites for hydroxylation is 1. The van der Waals surface area contributed by atoms with Crippen molar-refractivity contribution in [1.82, 2.24) is 4.90 Å². The fourth-order valence-electron chi connectivity index (χ4n) is 4.36. The van der Waals surface area contributed by atoms with Gasteiger partial charge in [0.05, 0.1) is 12.1 Å². The first-order chi connectivity index (χ1) is 15.8. The Balaban J connectivity index is 1.59. The largest absolute Gasteiger partial charge is 0.508 e. The third-order valence-corrected chi connectivity index (χ3v) is 6.18. The minimum atomic E-state index is -0.782. The highest BCUT2D eigenvalue weighted by Gasteiger charge is 2.28. The van der Waals surface area contributed by atoms with Crippen LogP contribution in [0.2, 0.25) is 0 Å². The molecule has 2 aromatic rings. The molecule has 2 aromatic carbocycles. The number of benzene rings is 2. The molecule has 2 atom stereocenters. The van der Waals surface area contributed by atoms with Crippen molar-refractivity contribution in [2.75, 3.05) is 6.54 Å². The zero-order valence-corrected chi connectivity index (χ0v) is 19.1. The van der Waals surface area contributed by atoms with Gasteiger partial charge in [0.25, 0.3) is 0 Å². The predicted octanol–water partition coefficient (Wildman–Crippen LogP) is 4.98. The Morgan fingerprint density at radius 1 is 1.15 bits per heavy atom. The number of hydrogen-bond acceptors (Lipinski definition) is 4. The average molecular weight is 452 g/mol. The number of carboxylic acid groups (broad SMARTS) is 1. The quantitative estimate of drug-likeness (QED) is 0.330. The van der Waals surface area contributed by atoms with Crippen molar-refractivity contribution in [3.05, 3.63) is 65.7 Å². The smallest absolute Gasteiger partial charge is 0.303 e. The van der Waals surface area contributed by atoms with E-state index < -0.39 is 12.1 Å². The normalized spacial score (nSPS) is 17.1. The number of likely N-dealkylation sites (tertiary alicyclic amines) is 1. The van der Waals surface area contributed by atoms with Crippen molar-refractivity contribution in [2.24, 2.45) is 0 Å². The molecule has 0 radical (unpaired) electrons. The Morgan fingerprint density at radius 2 is 1.94 bits per heavy atom. The summed E-state index contributed by atoms with van der Waals surface area (Å²) in [6, 6.07) is 12.9. The molecule has 1 aliphatic heterocycles. The van der Waals surface area contributed by atoms with Gasteiger partial charge in [-0.15, -0.1) is 0 Å². The second kappa shape index (κ2) is 11.7. The minimum absolute atomic E-state index is 0.0197. The lowest BCUT2D eigenvalue weighted by Crippen LogP contribution is -2.32. The number of carbonyl (C=O) groups excluding carboxylic acids is 1. The summed E-state index contributed by atoms with van der Waals surface area (Å²) < 4.78 is 0. The first-order valence-corrected chi connectivity index (χ1v) is 11.6. The molecule has 3 N–H and O–H groups in total. The molecule has 1 heterocycles. The van der Waals surface area contributed by atoms with E-state index >= 15 is 0 Å². The first-order valence-electron chi connectivity index (χ1n) is 11.6. The van der Waals surface area contributed by atoms with E-state index in [1.807, 2.05) is 48.2 Å². The maximum absolute atomic E-state index is 12.3. The molecular weight excluding hydrogens is 418 g/mol. The zero-order valence-electron chi connectivity index (χ0n) is 19.1. The Kier molecular flexibility index (Phi) is 8.66. The molecule has 1 saturated heterocycles. The van der Waals surface area contributed by atoms with Crippen LogP contribution in [0.4, 0.5) is 0 Å². The van der Waals surface area contributed by atoms with Crippen LogP contribution >= 0.6 is 0 Å². The van der Waals surface area contributed by atoms with Crippen molar-refractivity contribution < 1.29 is 24.9 Å². The summed E-state index contributed by atoms with van der Waals surface area (Å²) in [5, 5.41) is 29.1. The summed E-state index contributed by atoms with van der Waals surface area (Å²) >= 11 is 0. The number of aliphatic carboxylic acids is 1. The van der Waals surface area contributed by atoms with Crippen molar-refractivity contribution in [3.8, 4) is 16.9 Å². The SMILES string of the molecule is Cc1cc(O)ccc1-c1cccc([C@H](O)C=CC2CCC(=O)N2CCCCCCC(=O)O)c1. The van der Waals surface area contributed by atoms with Crippen LogP contribution < -0.4 is 0 Å². The monoisotopic (exact) mass is 451 g/mol. The van der Waals surface area contributed by atoms with E-state index in [9.17, 15) is 19.8 Å². The van der Waals surface area contributed by atoms with Crippen LogP contribution in [0.25, 0.3) is 11.1 Å². The van der Waals surface area contributed by atoms with E-state index in [1.54, 1.807) is 18.2 Å². The maximum Gasteiger partial charge on any atom is 0.303 e. The number of aliphatic hydroxyl groups excluding tert-OH is 1. The van der Waals surface area contributed by atoms with Crippen LogP contribution in [0.1, 0.15) is 62.2 Å². The third-order valence-electron chi connectivity index (χ3n) is 6.18. The molecule has 176 valence electrons. The summed E-state index contributed by atoms with van der Waals surface area (Å²) in [5.41, 5.74) is 3.70. The van der Waals surface area contributed by atoms with Crippen LogP contribution in [0, 0.1) is 6.92 Å². The second-order valence-corrected chi connectivity index (χ2v) is 8.71. The number of unbranched alkanes of at least 4 members (excludes halogenated alkanes) is 3. The van der Waals surface area contributed by atoms with Crippen LogP contribution in [0.5, 0.6) is 5.75 Å². The lowest BCUT2D eigenvalue weighted by molar-refractivity contribution is -0.137. The van der Waals surface area contributed by atoms with Crippen LogP contribution in [0.3, 0.4) is 0 Å². The summed E-state index contributed by atoms with van der Waals surface area (Å²) in [4.78, 5) is 24.8. The number of hydrogen-bond donors (Lipinski definition) is 3. The molecule has 0 aromatic heterocycles. The number of rotatable bonds is 11. The lowest BCUT2D eigenvalue weighted by atomic mass is 9.97. The molecule has 0 spiro atoms. The molecule has 3 rings (SSSR count). The molecule has 0 bridgehead atoms. The van der Waals surface area contributed by atoms with Gasteiger partial charge < -0.3 is 20.2 Å². The van der Waals surface area contributed by atoms with Crippen LogP contribution in [-0.2, 0) is 9.59 Å². The predicted molar refractivity (Wildman–Crippen MR) is 128 cm³/mol. The number of amides is 1. The van der Waals surface area contributed by atoms with Gasteiger partial charge in [-0.25, -0.2) is 0 Å². The summed E-state index contributed by atoms with van der Waals surface area (Å²) in [5.74, 6) is -0.405. The van der Waals surface area contributed by atoms with Gasteiger partial charge in [-0.3, -0.25) is 9.59 Å². The highest BCUT2D eigenvalue weighted by molar-refractivity contribution is 5.79. The van der Waals surface area contributed by atoms with Gasteiger partial charge in [-0.2, -0.15) is 0 Å². The van der Waals surface area contributed by atoms with Crippen molar-refractivity contribution in [2.45, 2.75) is 64.0 Å². The van der Waals surface area contributed by atoms with E-state index in [-0.39, 0.29) is 24.1 Å². The van der Waals surface area contributed by atoms with Crippen LogP contribution in [-0.4, -0.2) is 44.7 Å². The molecule has 1 unspecified atom stereocenters. The number of aromatic hydroxyl groups is 1. The van der Waals surface area contributed by atoms with Gasteiger partial charge in [0, 0.05) is 19.4 Å². The summed E-state index contributed by atoms with van der Waals surface area (Å²) in [6.45, 7) is 2.60. The van der Waals surface area contributed by atoms with Crippen molar-refractivity contribution in [3.63, 3.8) is 0 Å². The molecule has 6 nitrogen and oxygen atoms in total. The van der Waals surface area contributed by atoms with Gasteiger partial charge in [-0.05, 0) is 66.6 Å². The Hall–Kier alpha value is -3.12. The molecule has 1 fully saturated rings. The Labute approximate surface area is 195 Å². The van der Waals surface area contributed by atoms with Gasteiger partial charge in [-0.1, -0.05) is 49.3 Å². The van der Waals surface area contributed by atoms with Gasteiger partial charge >= 0.3 is 5.97 Å². The maximum atomic E-state index is 12.3. The second-order valence-electron chi connectivity index (χ2n) is 8.71. The van der Waals surface area contributed by atoms with E-state index in [4.69, 9.17) is 5.11 Å². The highest BCUT2D eigenvalue weighted by Crippen LogP contribution is 2.29. The first kappa shape index (κ1) is 24.5. The average Bonchev–Trinajstić information content (AvgIpc) is 3.13. The van der Waals surface area contributed by atoms with E-state index in [0.717, 1.165) is 47.9 Å². The van der Waals surface area contributed by atoms with Gasteiger partial charge in [0.15, 0.2) is 0 Å². The van der Waals surface area contributed by atoms with Crippen LogP contribution in [0.15, 0.2) is 54.6 Å². The summed E-state index contributed by atoms with van der Waals surface area (Å²) in [7, 11) is 0.